The van der Waals surface area contributed by atoms with E-state index in [1.54, 1.807) is 0 Å². The molecule has 0 saturated carbocycles. The Kier molecular flexibility index (Phi) is 3.99. The van der Waals surface area contributed by atoms with Gasteiger partial charge >= 0.3 is 0 Å². The molecule has 5 aromatic rings. The summed E-state index contributed by atoms with van der Waals surface area (Å²) in [5, 5.41) is 8.14. The van der Waals surface area contributed by atoms with Crippen LogP contribution in [0.15, 0.2) is 94.0 Å². The van der Waals surface area contributed by atoms with Crippen LogP contribution in [0.25, 0.3) is 45.7 Å². The maximum absolute atomic E-state index is 5.44. The van der Waals surface area contributed by atoms with E-state index in [1.165, 1.54) is 0 Å². The molecule has 5 rings (SSSR count). The third-order valence-electron chi connectivity index (χ3n) is 4.27. The topological polar surface area (TPSA) is 77.8 Å². The van der Waals surface area contributed by atoms with Gasteiger partial charge in [-0.3, -0.25) is 0 Å². The van der Waals surface area contributed by atoms with Crippen LogP contribution in [-0.4, -0.2) is 20.3 Å². The van der Waals surface area contributed by atoms with Gasteiger partial charge in [0.1, 0.15) is 0 Å². The minimum Gasteiger partial charge on any atom is -0.334 e. The molecule has 0 unspecified atom stereocenters. The Hall–Kier alpha value is -4.06. The van der Waals surface area contributed by atoms with Crippen LogP contribution in [0.3, 0.4) is 0 Å². The Bertz CT molecular complexity index is 1120. The van der Waals surface area contributed by atoms with Gasteiger partial charge < -0.3 is 9.05 Å². The van der Waals surface area contributed by atoms with Crippen molar-refractivity contribution in [3.8, 4) is 45.7 Å². The minimum atomic E-state index is 0.434. The fraction of sp³-hybridized carbons (Fsp3) is 0. The third kappa shape index (κ3) is 3.07. The van der Waals surface area contributed by atoms with E-state index in [0.717, 1.165) is 22.3 Å². The zero-order chi connectivity index (χ0) is 18.8. The molecular weight excluding hydrogens is 352 g/mol. The molecule has 3 aromatic carbocycles. The predicted molar refractivity (Wildman–Crippen MR) is 104 cm³/mol. The Morgan fingerprint density at radius 1 is 0.464 bits per heavy atom. The van der Waals surface area contributed by atoms with E-state index in [-0.39, 0.29) is 0 Å². The maximum atomic E-state index is 5.44. The number of nitrogens with zero attached hydrogens (tertiary/aromatic N) is 4. The van der Waals surface area contributed by atoms with Crippen molar-refractivity contribution < 1.29 is 9.05 Å². The van der Waals surface area contributed by atoms with Gasteiger partial charge in [0, 0.05) is 22.3 Å². The van der Waals surface area contributed by atoms with E-state index in [4.69, 9.17) is 9.05 Å². The highest BCUT2D eigenvalue weighted by molar-refractivity contribution is 5.67. The van der Waals surface area contributed by atoms with Crippen molar-refractivity contribution in [1.29, 1.82) is 0 Å². The molecule has 6 heteroatoms. The summed E-state index contributed by atoms with van der Waals surface area (Å²) in [5.74, 6) is 1.96. The van der Waals surface area contributed by atoms with E-state index in [1.807, 2.05) is 84.9 Å². The molecule has 2 heterocycles. The molecule has 0 spiro atoms. The van der Waals surface area contributed by atoms with E-state index in [9.17, 15) is 0 Å². The molecule has 0 aliphatic heterocycles. The first-order valence-corrected chi connectivity index (χ1v) is 8.76. The van der Waals surface area contributed by atoms with Crippen LogP contribution >= 0.6 is 0 Å². The normalized spacial score (nSPS) is 10.9. The standard InChI is InChI=1S/C22H14N4O2/c1-3-8-15(9-4-1)19-23-21(27-25-19)17-12-7-13-18(14-17)22-24-20(26-28-22)16-10-5-2-6-11-16/h1-14H. The Morgan fingerprint density at radius 3 is 1.36 bits per heavy atom. The monoisotopic (exact) mass is 366 g/mol. The zero-order valence-electron chi connectivity index (χ0n) is 14.7. The summed E-state index contributed by atoms with van der Waals surface area (Å²) in [5.41, 5.74) is 3.37. The number of hydrogen-bond acceptors (Lipinski definition) is 6. The summed E-state index contributed by atoms with van der Waals surface area (Å²) < 4.78 is 10.9. The van der Waals surface area contributed by atoms with Gasteiger partial charge in [-0.15, -0.1) is 0 Å². The SMILES string of the molecule is c1ccc(-c2noc(-c3cccc(-c4nc(-c5ccccc5)no4)c3)n2)cc1. The molecule has 0 saturated heterocycles. The lowest BCUT2D eigenvalue weighted by atomic mass is 10.1. The molecule has 0 aliphatic carbocycles. The van der Waals surface area contributed by atoms with Crippen LogP contribution in [-0.2, 0) is 0 Å². The second-order valence-corrected chi connectivity index (χ2v) is 6.16. The Morgan fingerprint density at radius 2 is 0.893 bits per heavy atom. The molecule has 0 amide bonds. The Balaban J connectivity index is 1.46. The lowest BCUT2D eigenvalue weighted by Gasteiger charge is -1.97. The third-order valence-corrected chi connectivity index (χ3v) is 4.27. The van der Waals surface area contributed by atoms with Crippen LogP contribution in [0.4, 0.5) is 0 Å². The maximum Gasteiger partial charge on any atom is 0.258 e. The van der Waals surface area contributed by atoms with E-state index >= 15 is 0 Å². The highest BCUT2D eigenvalue weighted by Gasteiger charge is 2.14. The predicted octanol–water partition coefficient (Wildman–Crippen LogP) is 5.12. The van der Waals surface area contributed by atoms with Gasteiger partial charge in [0.2, 0.25) is 11.6 Å². The molecule has 0 fully saturated rings. The minimum absolute atomic E-state index is 0.434. The molecule has 2 aromatic heterocycles. The number of benzene rings is 3. The largest absolute Gasteiger partial charge is 0.334 e. The summed E-state index contributed by atoms with van der Waals surface area (Å²) in [6.45, 7) is 0. The van der Waals surface area contributed by atoms with Gasteiger partial charge in [-0.1, -0.05) is 77.0 Å². The van der Waals surface area contributed by atoms with Crippen LogP contribution in [0.5, 0.6) is 0 Å². The van der Waals surface area contributed by atoms with Crippen LogP contribution < -0.4 is 0 Å². The second kappa shape index (κ2) is 6.92. The second-order valence-electron chi connectivity index (χ2n) is 6.16. The summed E-state index contributed by atoms with van der Waals surface area (Å²) in [4.78, 5) is 8.99. The van der Waals surface area contributed by atoms with Crippen molar-refractivity contribution in [2.24, 2.45) is 0 Å². The van der Waals surface area contributed by atoms with Gasteiger partial charge in [-0.05, 0) is 18.2 Å². The summed E-state index contributed by atoms with van der Waals surface area (Å²) in [7, 11) is 0. The fourth-order valence-electron chi connectivity index (χ4n) is 2.88. The molecule has 0 bridgehead atoms. The first kappa shape index (κ1) is 16.1. The summed E-state index contributed by atoms with van der Waals surface area (Å²) >= 11 is 0. The van der Waals surface area contributed by atoms with Gasteiger partial charge in [-0.25, -0.2) is 0 Å². The van der Waals surface area contributed by atoms with Gasteiger partial charge in [0.15, 0.2) is 0 Å². The molecule has 0 radical (unpaired) electrons. The van der Waals surface area contributed by atoms with Crippen LogP contribution in [0, 0.1) is 0 Å². The van der Waals surface area contributed by atoms with E-state index in [2.05, 4.69) is 20.3 Å². The number of rotatable bonds is 4. The molecular formula is C22H14N4O2. The summed E-state index contributed by atoms with van der Waals surface area (Å²) in [6.07, 6.45) is 0. The van der Waals surface area contributed by atoms with Gasteiger partial charge in [0.05, 0.1) is 0 Å². The fourth-order valence-corrected chi connectivity index (χ4v) is 2.88. The molecule has 0 N–H and O–H groups in total. The Labute approximate surface area is 160 Å². The smallest absolute Gasteiger partial charge is 0.258 e. The van der Waals surface area contributed by atoms with E-state index in [0.29, 0.717) is 23.4 Å². The van der Waals surface area contributed by atoms with Gasteiger partial charge in [0.25, 0.3) is 11.8 Å². The average molecular weight is 366 g/mol. The van der Waals surface area contributed by atoms with Gasteiger partial charge in [-0.2, -0.15) is 9.97 Å². The van der Waals surface area contributed by atoms with Crippen molar-refractivity contribution in [3.63, 3.8) is 0 Å². The lowest BCUT2D eigenvalue weighted by Crippen LogP contribution is -1.83. The molecule has 0 aliphatic rings. The molecule has 28 heavy (non-hydrogen) atoms. The van der Waals surface area contributed by atoms with E-state index < -0.39 is 0 Å². The van der Waals surface area contributed by atoms with Crippen molar-refractivity contribution in [2.45, 2.75) is 0 Å². The quantitative estimate of drug-likeness (QED) is 0.439. The highest BCUT2D eigenvalue weighted by atomic mass is 16.5. The number of aromatic nitrogens is 4. The molecule has 6 nitrogen and oxygen atoms in total. The van der Waals surface area contributed by atoms with Crippen LogP contribution in [0.2, 0.25) is 0 Å². The van der Waals surface area contributed by atoms with Crippen molar-refractivity contribution in [2.75, 3.05) is 0 Å². The molecule has 134 valence electrons. The van der Waals surface area contributed by atoms with Crippen molar-refractivity contribution in [3.05, 3.63) is 84.9 Å². The number of hydrogen-bond donors (Lipinski definition) is 0. The van der Waals surface area contributed by atoms with Crippen LogP contribution in [0.1, 0.15) is 0 Å². The summed E-state index contributed by atoms with van der Waals surface area (Å²) in [6, 6.07) is 27.0. The van der Waals surface area contributed by atoms with Crippen molar-refractivity contribution in [1.82, 2.24) is 20.3 Å². The highest BCUT2D eigenvalue weighted by Crippen LogP contribution is 2.27. The average Bonchev–Trinajstić information content (AvgIpc) is 3.46. The lowest BCUT2D eigenvalue weighted by molar-refractivity contribution is 0.431. The first-order valence-electron chi connectivity index (χ1n) is 8.76. The first-order chi connectivity index (χ1) is 13.9. The molecule has 0 atom stereocenters. The zero-order valence-corrected chi connectivity index (χ0v) is 14.7. The van der Waals surface area contributed by atoms with Crippen molar-refractivity contribution >= 4 is 0 Å².